The third kappa shape index (κ3) is 4.94. The summed E-state index contributed by atoms with van der Waals surface area (Å²) >= 11 is 0. The van der Waals surface area contributed by atoms with Crippen molar-refractivity contribution in [3.63, 3.8) is 0 Å². The van der Waals surface area contributed by atoms with Crippen molar-refractivity contribution in [3.05, 3.63) is 65.5 Å². The summed E-state index contributed by atoms with van der Waals surface area (Å²) in [7, 11) is 3.64. The Morgan fingerprint density at radius 1 is 1.13 bits per heavy atom. The number of aromatic nitrogens is 1. The van der Waals surface area contributed by atoms with Crippen molar-refractivity contribution in [1.29, 1.82) is 0 Å². The molecule has 2 amide bonds. The highest BCUT2D eigenvalue weighted by molar-refractivity contribution is 5.93. The summed E-state index contributed by atoms with van der Waals surface area (Å²) in [4.78, 5) is 32.1. The Morgan fingerprint density at radius 2 is 1.84 bits per heavy atom. The normalized spacial score (nSPS) is 15.7. The maximum atomic E-state index is 12.8. The Bertz CT molecular complexity index is 1020. The number of fused-ring (bicyclic) bond motifs is 1. The number of para-hydroxylation sites is 2. The van der Waals surface area contributed by atoms with Crippen LogP contribution in [0.25, 0.3) is 11.1 Å². The van der Waals surface area contributed by atoms with Crippen molar-refractivity contribution >= 4 is 22.9 Å². The molecule has 1 aliphatic heterocycles. The molecule has 1 aliphatic rings. The standard InChI is InChI=1S/C24H28N4O3/c1-25-23(30)18-9-7-17(8-10-18)15-27(2)16-22(29)28-13-11-19(12-14-28)24-26-20-5-3-4-6-21(20)31-24/h3-10,19H,11-16H2,1-2H3,(H,25,30)/p+1. The summed E-state index contributed by atoms with van der Waals surface area (Å²) in [5, 5.41) is 2.62. The number of hydrogen-bond acceptors (Lipinski definition) is 4. The van der Waals surface area contributed by atoms with Crippen LogP contribution in [-0.2, 0) is 11.3 Å². The third-order valence-electron chi connectivity index (χ3n) is 5.91. The number of hydrogen-bond donors (Lipinski definition) is 2. The number of nitrogens with zero attached hydrogens (tertiary/aromatic N) is 2. The number of rotatable bonds is 6. The maximum Gasteiger partial charge on any atom is 0.277 e. The summed E-state index contributed by atoms with van der Waals surface area (Å²) < 4.78 is 5.92. The molecule has 7 nitrogen and oxygen atoms in total. The molecule has 2 heterocycles. The summed E-state index contributed by atoms with van der Waals surface area (Å²) in [6.07, 6.45) is 1.75. The van der Waals surface area contributed by atoms with Crippen LogP contribution in [0.5, 0.6) is 0 Å². The Hall–Kier alpha value is -3.19. The largest absolute Gasteiger partial charge is 0.440 e. The maximum absolute atomic E-state index is 12.8. The van der Waals surface area contributed by atoms with Crippen molar-refractivity contribution in [1.82, 2.24) is 15.2 Å². The van der Waals surface area contributed by atoms with Crippen molar-refractivity contribution < 1.29 is 18.9 Å². The van der Waals surface area contributed by atoms with E-state index in [1.54, 1.807) is 7.05 Å². The van der Waals surface area contributed by atoms with Gasteiger partial charge in [0.05, 0.1) is 7.05 Å². The first-order chi connectivity index (χ1) is 15.0. The Balaban J connectivity index is 1.27. The Kier molecular flexibility index (Phi) is 6.32. The summed E-state index contributed by atoms with van der Waals surface area (Å²) in [5.41, 5.74) is 3.46. The minimum absolute atomic E-state index is 0.0938. The number of quaternary nitrogens is 1. The van der Waals surface area contributed by atoms with Gasteiger partial charge >= 0.3 is 0 Å². The molecule has 31 heavy (non-hydrogen) atoms. The first-order valence-electron chi connectivity index (χ1n) is 10.8. The molecule has 0 radical (unpaired) electrons. The smallest absolute Gasteiger partial charge is 0.277 e. The molecule has 0 bridgehead atoms. The van der Waals surface area contributed by atoms with Gasteiger partial charge in [-0.25, -0.2) is 4.98 Å². The highest BCUT2D eigenvalue weighted by Gasteiger charge is 2.28. The molecule has 1 unspecified atom stereocenters. The zero-order valence-corrected chi connectivity index (χ0v) is 18.1. The predicted molar refractivity (Wildman–Crippen MR) is 118 cm³/mol. The lowest BCUT2D eigenvalue weighted by Crippen LogP contribution is -3.08. The number of carbonyl (C=O) groups excluding carboxylic acids is 2. The summed E-state index contributed by atoms with van der Waals surface area (Å²) in [5.74, 6) is 1.13. The second kappa shape index (κ2) is 9.31. The molecule has 1 aromatic heterocycles. The molecule has 4 rings (SSSR count). The second-order valence-electron chi connectivity index (χ2n) is 8.26. The highest BCUT2D eigenvalue weighted by atomic mass is 16.3. The van der Waals surface area contributed by atoms with Gasteiger partial charge in [0.1, 0.15) is 12.1 Å². The quantitative estimate of drug-likeness (QED) is 0.634. The van der Waals surface area contributed by atoms with Crippen LogP contribution in [0.1, 0.15) is 40.6 Å². The molecule has 2 N–H and O–H groups in total. The van der Waals surface area contributed by atoms with E-state index < -0.39 is 0 Å². The molecule has 0 spiro atoms. The van der Waals surface area contributed by atoms with Crippen LogP contribution in [0.2, 0.25) is 0 Å². The molecule has 2 aromatic carbocycles. The predicted octanol–water partition coefficient (Wildman–Crippen LogP) is 1.61. The zero-order chi connectivity index (χ0) is 21.8. The fourth-order valence-electron chi connectivity index (χ4n) is 4.14. The number of amides is 2. The number of likely N-dealkylation sites (N-methyl/N-ethyl adjacent to an activating group) is 1. The Labute approximate surface area is 182 Å². The van der Waals surface area contributed by atoms with Crippen LogP contribution in [0.3, 0.4) is 0 Å². The van der Waals surface area contributed by atoms with Crippen LogP contribution in [0, 0.1) is 0 Å². The van der Waals surface area contributed by atoms with Gasteiger partial charge in [0.15, 0.2) is 18.0 Å². The minimum Gasteiger partial charge on any atom is -0.440 e. The molecule has 0 aliphatic carbocycles. The van der Waals surface area contributed by atoms with E-state index in [4.69, 9.17) is 4.42 Å². The molecule has 0 saturated carbocycles. The Morgan fingerprint density at radius 3 is 2.52 bits per heavy atom. The lowest BCUT2D eigenvalue weighted by molar-refractivity contribution is -0.885. The zero-order valence-electron chi connectivity index (χ0n) is 18.1. The van der Waals surface area contributed by atoms with Gasteiger partial charge in [0.25, 0.3) is 11.8 Å². The van der Waals surface area contributed by atoms with Crippen LogP contribution < -0.4 is 10.2 Å². The van der Waals surface area contributed by atoms with Gasteiger partial charge < -0.3 is 19.5 Å². The van der Waals surface area contributed by atoms with Crippen LogP contribution in [0.15, 0.2) is 52.9 Å². The number of carbonyl (C=O) groups is 2. The van der Waals surface area contributed by atoms with Gasteiger partial charge in [-0.1, -0.05) is 24.3 Å². The van der Waals surface area contributed by atoms with Gasteiger partial charge in [-0.2, -0.15) is 0 Å². The van der Waals surface area contributed by atoms with Crippen molar-refractivity contribution in [3.8, 4) is 0 Å². The van der Waals surface area contributed by atoms with Crippen LogP contribution >= 0.6 is 0 Å². The van der Waals surface area contributed by atoms with E-state index in [1.165, 1.54) is 0 Å². The fourth-order valence-corrected chi connectivity index (χ4v) is 4.14. The van der Waals surface area contributed by atoms with Crippen molar-refractivity contribution in [2.24, 2.45) is 0 Å². The number of piperidine rings is 1. The number of benzene rings is 2. The molecular formula is C24H29N4O3+. The average molecular weight is 422 g/mol. The lowest BCUT2D eigenvalue weighted by atomic mass is 9.96. The first kappa shape index (κ1) is 21.1. The molecule has 1 fully saturated rings. The average Bonchev–Trinajstić information content (AvgIpc) is 3.23. The number of oxazole rings is 1. The SMILES string of the molecule is CNC(=O)c1ccc(C[NH+](C)CC(=O)N2CCC(c3nc4ccccc4o3)CC2)cc1. The topological polar surface area (TPSA) is 79.9 Å². The highest BCUT2D eigenvalue weighted by Crippen LogP contribution is 2.29. The van der Waals surface area contributed by atoms with E-state index in [-0.39, 0.29) is 17.7 Å². The minimum atomic E-state index is -0.0938. The molecule has 1 atom stereocenters. The van der Waals surface area contributed by atoms with Gasteiger partial charge in [0.2, 0.25) is 0 Å². The second-order valence-corrected chi connectivity index (χ2v) is 8.26. The third-order valence-corrected chi connectivity index (χ3v) is 5.91. The van der Waals surface area contributed by atoms with Crippen molar-refractivity contribution in [2.45, 2.75) is 25.3 Å². The first-order valence-corrected chi connectivity index (χ1v) is 10.8. The molecular weight excluding hydrogens is 392 g/mol. The van der Waals surface area contributed by atoms with E-state index in [9.17, 15) is 9.59 Å². The molecule has 7 heteroatoms. The van der Waals surface area contributed by atoms with E-state index >= 15 is 0 Å². The number of nitrogens with one attached hydrogen (secondary N) is 2. The monoisotopic (exact) mass is 421 g/mol. The van der Waals surface area contributed by atoms with E-state index in [0.717, 1.165) is 59.9 Å². The van der Waals surface area contributed by atoms with E-state index in [2.05, 4.69) is 10.3 Å². The van der Waals surface area contributed by atoms with Crippen molar-refractivity contribution in [2.75, 3.05) is 33.7 Å². The number of likely N-dealkylation sites (tertiary alicyclic amines) is 1. The summed E-state index contributed by atoms with van der Waals surface area (Å²) in [6.45, 7) is 2.65. The molecule has 162 valence electrons. The molecule has 3 aromatic rings. The lowest BCUT2D eigenvalue weighted by Gasteiger charge is -2.31. The van der Waals surface area contributed by atoms with E-state index in [1.807, 2.05) is 60.5 Å². The van der Waals surface area contributed by atoms with E-state index in [0.29, 0.717) is 12.1 Å². The fraction of sp³-hybridized carbons (Fsp3) is 0.375. The van der Waals surface area contributed by atoms with Gasteiger partial charge in [-0.05, 0) is 37.1 Å². The van der Waals surface area contributed by atoms with Crippen LogP contribution in [0.4, 0.5) is 0 Å². The van der Waals surface area contributed by atoms with Crippen LogP contribution in [-0.4, -0.2) is 55.4 Å². The van der Waals surface area contributed by atoms with Gasteiger partial charge in [-0.3, -0.25) is 9.59 Å². The molecule has 1 saturated heterocycles. The van der Waals surface area contributed by atoms with Gasteiger partial charge in [-0.15, -0.1) is 0 Å². The van der Waals surface area contributed by atoms with Gasteiger partial charge in [0, 0.05) is 37.2 Å². The summed E-state index contributed by atoms with van der Waals surface area (Å²) in [6, 6.07) is 15.4.